The van der Waals surface area contributed by atoms with Crippen LogP contribution in [-0.4, -0.2) is 30.7 Å². The van der Waals surface area contributed by atoms with Gasteiger partial charge in [0.25, 0.3) is 0 Å². The predicted octanol–water partition coefficient (Wildman–Crippen LogP) is 5.41. The monoisotopic (exact) mass is 287 g/mol. The van der Waals surface area contributed by atoms with E-state index in [4.69, 9.17) is 0 Å². The van der Waals surface area contributed by atoms with Crippen LogP contribution in [0.5, 0.6) is 0 Å². The predicted molar refractivity (Wildman–Crippen MR) is 58.5 cm³/mol. The molecule has 0 radical (unpaired) electrons. The van der Waals surface area contributed by atoms with Crippen molar-refractivity contribution in [3.8, 4) is 0 Å². The van der Waals surface area contributed by atoms with E-state index in [0.29, 0.717) is 0 Å². The summed E-state index contributed by atoms with van der Waals surface area (Å²) in [6.07, 6.45) is 4.39. The molecule has 0 aromatic carbocycles. The minimum atomic E-state index is -10.7. The van der Waals surface area contributed by atoms with Gasteiger partial charge in [0.05, 0.1) is 26.2 Å². The second-order valence-corrected chi connectivity index (χ2v) is 6.36. The van der Waals surface area contributed by atoms with Gasteiger partial charge in [-0.2, -0.15) is 0 Å². The molecule has 0 aromatic heterocycles. The van der Waals surface area contributed by atoms with Gasteiger partial charge in [-0.1, -0.05) is 0 Å². The van der Waals surface area contributed by atoms with E-state index in [-0.39, 0.29) is 0 Å². The SMILES string of the molecule is CC[N+]1(CC)CCCCC1.F[P-](F)(F)(F)(F)F. The first-order valence-electron chi connectivity index (χ1n) is 5.69. The molecule has 1 rings (SSSR count). The van der Waals surface area contributed by atoms with Crippen molar-refractivity contribution in [2.24, 2.45) is 0 Å². The van der Waals surface area contributed by atoms with E-state index < -0.39 is 7.81 Å². The van der Waals surface area contributed by atoms with Crippen molar-refractivity contribution in [2.45, 2.75) is 33.1 Å². The van der Waals surface area contributed by atoms with Gasteiger partial charge < -0.3 is 4.48 Å². The summed E-state index contributed by atoms with van der Waals surface area (Å²) in [5.74, 6) is 0. The zero-order valence-electron chi connectivity index (χ0n) is 10.1. The van der Waals surface area contributed by atoms with Gasteiger partial charge in [-0.25, -0.2) is 0 Å². The fourth-order valence-corrected chi connectivity index (χ4v) is 2.04. The molecule has 0 unspecified atom stereocenters. The minimum absolute atomic E-state index is 1.34. The van der Waals surface area contributed by atoms with Crippen molar-refractivity contribution in [1.82, 2.24) is 0 Å². The summed E-state index contributed by atoms with van der Waals surface area (Å²) in [5, 5.41) is 0. The Bertz CT molecular complexity index is 222. The van der Waals surface area contributed by atoms with Crippen LogP contribution >= 0.6 is 7.81 Å². The molecule has 1 saturated heterocycles. The average molecular weight is 287 g/mol. The van der Waals surface area contributed by atoms with Crippen LogP contribution in [0.1, 0.15) is 33.1 Å². The van der Waals surface area contributed by atoms with E-state index in [2.05, 4.69) is 13.8 Å². The first-order valence-corrected chi connectivity index (χ1v) is 7.72. The molecule has 0 bridgehead atoms. The van der Waals surface area contributed by atoms with Crippen molar-refractivity contribution >= 4 is 7.81 Å². The number of hydrogen-bond donors (Lipinski definition) is 0. The fourth-order valence-electron chi connectivity index (χ4n) is 2.04. The number of nitrogens with zero attached hydrogens (tertiary/aromatic N) is 1. The molecule has 108 valence electrons. The summed E-state index contributed by atoms with van der Waals surface area (Å²) in [5.41, 5.74) is 0. The molecule has 1 heterocycles. The van der Waals surface area contributed by atoms with Crippen LogP contribution in [0.15, 0.2) is 0 Å². The zero-order valence-corrected chi connectivity index (χ0v) is 11.0. The Morgan fingerprint density at radius 3 is 1.24 bits per heavy atom. The van der Waals surface area contributed by atoms with E-state index in [1.807, 2.05) is 0 Å². The van der Waals surface area contributed by atoms with E-state index in [9.17, 15) is 25.2 Å². The maximum absolute atomic E-state index is 10.7. The van der Waals surface area contributed by atoms with E-state index in [1.165, 1.54) is 49.9 Å². The van der Waals surface area contributed by atoms with Crippen LogP contribution in [0, 0.1) is 0 Å². The third-order valence-electron chi connectivity index (χ3n) is 3.11. The molecule has 1 aliphatic rings. The molecule has 17 heavy (non-hydrogen) atoms. The van der Waals surface area contributed by atoms with Gasteiger partial charge >= 0.3 is 33.0 Å². The summed E-state index contributed by atoms with van der Waals surface area (Å²) in [6.45, 7) is 10.2. The van der Waals surface area contributed by atoms with Crippen LogP contribution in [0.3, 0.4) is 0 Å². The van der Waals surface area contributed by atoms with Gasteiger partial charge in [0.15, 0.2) is 0 Å². The van der Waals surface area contributed by atoms with Crippen LogP contribution < -0.4 is 0 Å². The number of halogens is 6. The number of hydrogen-bond acceptors (Lipinski definition) is 0. The standard InChI is InChI=1S/C9H20N.F6P/c1-3-10(4-2)8-6-5-7-9-10;1-7(2,3,4,5)6/h3-9H2,1-2H3;/q+1;-1. The van der Waals surface area contributed by atoms with Crippen LogP contribution in [0.25, 0.3) is 0 Å². The Labute approximate surface area is 97.6 Å². The van der Waals surface area contributed by atoms with Crippen LogP contribution in [-0.2, 0) is 0 Å². The van der Waals surface area contributed by atoms with Crippen LogP contribution in [0.2, 0.25) is 0 Å². The van der Waals surface area contributed by atoms with E-state index in [0.717, 1.165) is 0 Å². The number of quaternary nitrogens is 1. The Hall–Kier alpha value is -0.0300. The van der Waals surface area contributed by atoms with Crippen molar-refractivity contribution in [3.05, 3.63) is 0 Å². The molecular formula is C9H20F6NP. The summed E-state index contributed by atoms with van der Waals surface area (Å²) < 4.78 is 60.6. The molecule has 1 aliphatic heterocycles. The quantitative estimate of drug-likeness (QED) is 0.362. The summed E-state index contributed by atoms with van der Waals surface area (Å²) in [7, 11) is -10.7. The topological polar surface area (TPSA) is 0 Å². The van der Waals surface area contributed by atoms with Crippen molar-refractivity contribution in [3.63, 3.8) is 0 Å². The first-order chi connectivity index (χ1) is 7.28. The molecule has 1 fully saturated rings. The fraction of sp³-hybridized carbons (Fsp3) is 1.00. The number of piperidine rings is 1. The van der Waals surface area contributed by atoms with E-state index >= 15 is 0 Å². The normalized spacial score (nSPS) is 24.0. The first kappa shape index (κ1) is 17.0. The second-order valence-electron chi connectivity index (χ2n) is 4.44. The van der Waals surface area contributed by atoms with Gasteiger partial charge in [-0.05, 0) is 33.1 Å². The van der Waals surface area contributed by atoms with Gasteiger partial charge in [0, 0.05) is 0 Å². The van der Waals surface area contributed by atoms with Gasteiger partial charge in [0.1, 0.15) is 0 Å². The Morgan fingerprint density at radius 2 is 1.06 bits per heavy atom. The number of likely N-dealkylation sites (tertiary alicyclic amines) is 1. The summed E-state index contributed by atoms with van der Waals surface area (Å²) in [4.78, 5) is 0. The Kier molecular flexibility index (Phi) is 4.57. The molecule has 0 aromatic rings. The molecule has 8 heteroatoms. The number of rotatable bonds is 2. The van der Waals surface area contributed by atoms with Gasteiger partial charge in [-0.15, -0.1) is 0 Å². The molecular weight excluding hydrogens is 267 g/mol. The Morgan fingerprint density at radius 1 is 0.765 bits per heavy atom. The van der Waals surface area contributed by atoms with Crippen molar-refractivity contribution in [1.29, 1.82) is 0 Å². The molecule has 0 atom stereocenters. The molecule has 0 spiro atoms. The summed E-state index contributed by atoms with van der Waals surface area (Å²) in [6, 6.07) is 0. The molecule has 0 amide bonds. The molecule has 0 saturated carbocycles. The third-order valence-corrected chi connectivity index (χ3v) is 3.11. The molecule has 0 aliphatic carbocycles. The maximum atomic E-state index is 9.87. The average Bonchev–Trinajstić information content (AvgIpc) is 2.14. The molecule has 0 N–H and O–H groups in total. The van der Waals surface area contributed by atoms with E-state index in [1.54, 1.807) is 0 Å². The Balaban J connectivity index is 0.000000325. The second kappa shape index (κ2) is 4.57. The third kappa shape index (κ3) is 12.2. The van der Waals surface area contributed by atoms with Crippen molar-refractivity contribution < 1.29 is 29.7 Å². The van der Waals surface area contributed by atoms with Gasteiger partial charge in [0.2, 0.25) is 0 Å². The molecule has 1 nitrogen and oxygen atoms in total. The van der Waals surface area contributed by atoms with Crippen LogP contribution in [0.4, 0.5) is 25.2 Å². The zero-order chi connectivity index (χ0) is 13.9. The van der Waals surface area contributed by atoms with Crippen molar-refractivity contribution in [2.75, 3.05) is 26.2 Å². The summed E-state index contributed by atoms with van der Waals surface area (Å²) >= 11 is 0. The van der Waals surface area contributed by atoms with Gasteiger partial charge in [-0.3, -0.25) is 0 Å².